The summed E-state index contributed by atoms with van der Waals surface area (Å²) in [6.07, 6.45) is 5.82. The standard InChI is InChI=1S/C15H14BrF2N3/c16-10-7-12(18)14(20-8-10)21-9-15(4-2-5-15)13-11(17)3-1-6-19-13/h1,3,6-8H,2,4-5,9H2,(H,20,21). The summed E-state index contributed by atoms with van der Waals surface area (Å²) in [7, 11) is 0. The van der Waals surface area contributed by atoms with Crippen molar-refractivity contribution in [2.24, 2.45) is 0 Å². The molecule has 1 N–H and O–H groups in total. The molecule has 0 spiro atoms. The third-order valence-electron chi connectivity index (χ3n) is 3.97. The molecule has 6 heteroatoms. The lowest BCUT2D eigenvalue weighted by Gasteiger charge is -2.41. The number of hydrogen-bond donors (Lipinski definition) is 1. The lowest BCUT2D eigenvalue weighted by atomic mass is 9.66. The van der Waals surface area contributed by atoms with Crippen molar-refractivity contribution in [2.45, 2.75) is 24.7 Å². The number of anilines is 1. The molecule has 21 heavy (non-hydrogen) atoms. The first-order valence-corrected chi connectivity index (χ1v) is 7.56. The van der Waals surface area contributed by atoms with Gasteiger partial charge >= 0.3 is 0 Å². The van der Waals surface area contributed by atoms with E-state index in [1.54, 1.807) is 12.3 Å². The molecule has 0 aromatic carbocycles. The van der Waals surface area contributed by atoms with Gasteiger partial charge < -0.3 is 5.32 Å². The summed E-state index contributed by atoms with van der Waals surface area (Å²) >= 11 is 3.17. The average Bonchev–Trinajstić information content (AvgIpc) is 2.41. The molecule has 110 valence electrons. The second-order valence-electron chi connectivity index (χ2n) is 5.31. The Kier molecular flexibility index (Phi) is 3.89. The maximum absolute atomic E-state index is 14.0. The van der Waals surface area contributed by atoms with Crippen LogP contribution < -0.4 is 5.32 Å². The minimum Gasteiger partial charge on any atom is -0.367 e. The quantitative estimate of drug-likeness (QED) is 0.900. The van der Waals surface area contributed by atoms with Crippen molar-refractivity contribution >= 4 is 21.7 Å². The van der Waals surface area contributed by atoms with E-state index in [1.165, 1.54) is 18.3 Å². The Balaban J connectivity index is 1.80. The van der Waals surface area contributed by atoms with E-state index in [1.807, 2.05) is 0 Å². The minimum absolute atomic E-state index is 0.181. The van der Waals surface area contributed by atoms with Crippen LogP contribution in [0.5, 0.6) is 0 Å². The number of rotatable bonds is 4. The van der Waals surface area contributed by atoms with Crippen LogP contribution in [-0.2, 0) is 5.41 Å². The van der Waals surface area contributed by atoms with Crippen LogP contribution in [0.2, 0.25) is 0 Å². The number of hydrogen-bond acceptors (Lipinski definition) is 3. The molecule has 1 fully saturated rings. The highest BCUT2D eigenvalue weighted by Gasteiger charge is 2.41. The van der Waals surface area contributed by atoms with Crippen LogP contribution in [0.4, 0.5) is 14.6 Å². The number of nitrogens with zero attached hydrogens (tertiary/aromatic N) is 2. The average molecular weight is 354 g/mol. The molecule has 0 atom stereocenters. The largest absolute Gasteiger partial charge is 0.367 e. The van der Waals surface area contributed by atoms with Crippen LogP contribution in [0, 0.1) is 11.6 Å². The van der Waals surface area contributed by atoms with Crippen LogP contribution in [0.15, 0.2) is 35.1 Å². The summed E-state index contributed by atoms with van der Waals surface area (Å²) in [6, 6.07) is 4.35. The van der Waals surface area contributed by atoms with E-state index in [2.05, 4.69) is 31.2 Å². The molecule has 2 aromatic rings. The normalized spacial score (nSPS) is 16.3. The summed E-state index contributed by atoms with van der Waals surface area (Å²) in [4.78, 5) is 8.19. The maximum atomic E-state index is 14.0. The molecule has 2 aromatic heterocycles. The third kappa shape index (κ3) is 2.77. The van der Waals surface area contributed by atoms with Crippen molar-refractivity contribution in [3.63, 3.8) is 0 Å². The second-order valence-corrected chi connectivity index (χ2v) is 6.22. The van der Waals surface area contributed by atoms with Gasteiger partial charge in [-0.05, 0) is 47.0 Å². The van der Waals surface area contributed by atoms with Crippen LogP contribution in [0.3, 0.4) is 0 Å². The van der Waals surface area contributed by atoms with Crippen molar-refractivity contribution in [3.8, 4) is 0 Å². The monoisotopic (exact) mass is 353 g/mol. The van der Waals surface area contributed by atoms with Crippen molar-refractivity contribution in [3.05, 3.63) is 52.4 Å². The van der Waals surface area contributed by atoms with Crippen molar-refractivity contribution in [1.82, 2.24) is 9.97 Å². The molecular weight excluding hydrogens is 340 g/mol. The van der Waals surface area contributed by atoms with E-state index in [0.717, 1.165) is 19.3 Å². The van der Waals surface area contributed by atoms with Gasteiger partial charge in [-0.25, -0.2) is 13.8 Å². The lowest BCUT2D eigenvalue weighted by Crippen LogP contribution is -2.42. The van der Waals surface area contributed by atoms with Gasteiger partial charge in [-0.2, -0.15) is 0 Å². The molecule has 2 heterocycles. The first kappa shape index (κ1) is 14.4. The smallest absolute Gasteiger partial charge is 0.166 e. The summed E-state index contributed by atoms with van der Waals surface area (Å²) in [5, 5.41) is 3.00. The van der Waals surface area contributed by atoms with E-state index < -0.39 is 5.82 Å². The van der Waals surface area contributed by atoms with Crippen LogP contribution in [-0.4, -0.2) is 16.5 Å². The molecule has 0 bridgehead atoms. The zero-order valence-corrected chi connectivity index (χ0v) is 12.8. The summed E-state index contributed by atoms with van der Waals surface area (Å²) in [5.74, 6) is -0.551. The molecule has 0 amide bonds. The molecule has 0 saturated heterocycles. The van der Waals surface area contributed by atoms with E-state index in [0.29, 0.717) is 16.7 Å². The molecule has 0 unspecified atom stereocenters. The molecule has 0 aliphatic heterocycles. The Bertz CT molecular complexity index is 659. The Morgan fingerprint density at radius 1 is 1.24 bits per heavy atom. The SMILES string of the molecule is Fc1cc(Br)cnc1NCC1(c2ncccc2F)CCC1. The molecular formula is C15H14BrF2N3. The number of pyridine rings is 2. The Morgan fingerprint density at radius 3 is 2.67 bits per heavy atom. The van der Waals surface area contributed by atoms with E-state index in [-0.39, 0.29) is 17.1 Å². The predicted molar refractivity (Wildman–Crippen MR) is 80.1 cm³/mol. The third-order valence-corrected chi connectivity index (χ3v) is 4.41. The first-order valence-electron chi connectivity index (χ1n) is 6.77. The lowest BCUT2D eigenvalue weighted by molar-refractivity contribution is 0.243. The van der Waals surface area contributed by atoms with Crippen LogP contribution in [0.1, 0.15) is 25.0 Å². The molecule has 1 saturated carbocycles. The van der Waals surface area contributed by atoms with Gasteiger partial charge in [-0.3, -0.25) is 4.98 Å². The summed E-state index contributed by atoms with van der Waals surface area (Å²) in [6.45, 7) is 0.423. The zero-order chi connectivity index (χ0) is 14.9. The summed E-state index contributed by atoms with van der Waals surface area (Å²) in [5.41, 5.74) is 0.0910. The van der Waals surface area contributed by atoms with Crippen LogP contribution >= 0.6 is 15.9 Å². The molecule has 3 rings (SSSR count). The van der Waals surface area contributed by atoms with Crippen molar-refractivity contribution in [2.75, 3.05) is 11.9 Å². The fourth-order valence-electron chi connectivity index (χ4n) is 2.67. The number of aromatic nitrogens is 2. The van der Waals surface area contributed by atoms with Gasteiger partial charge in [-0.15, -0.1) is 0 Å². The van der Waals surface area contributed by atoms with Crippen molar-refractivity contribution in [1.29, 1.82) is 0 Å². The second kappa shape index (κ2) is 5.67. The Labute approximate surface area is 129 Å². The molecule has 1 aliphatic rings. The Hall–Kier alpha value is -1.56. The van der Waals surface area contributed by atoms with Gasteiger partial charge in [0.1, 0.15) is 5.82 Å². The maximum Gasteiger partial charge on any atom is 0.166 e. The Morgan fingerprint density at radius 2 is 2.05 bits per heavy atom. The molecule has 3 nitrogen and oxygen atoms in total. The van der Waals surface area contributed by atoms with Gasteiger partial charge in [-0.1, -0.05) is 6.42 Å². The highest BCUT2D eigenvalue weighted by atomic mass is 79.9. The zero-order valence-electron chi connectivity index (χ0n) is 11.2. The van der Waals surface area contributed by atoms with E-state index in [4.69, 9.17) is 0 Å². The van der Waals surface area contributed by atoms with Gasteiger partial charge in [0, 0.05) is 28.8 Å². The van der Waals surface area contributed by atoms with E-state index in [9.17, 15) is 8.78 Å². The first-order chi connectivity index (χ1) is 10.1. The highest BCUT2D eigenvalue weighted by molar-refractivity contribution is 9.10. The van der Waals surface area contributed by atoms with Gasteiger partial charge in [0.2, 0.25) is 0 Å². The predicted octanol–water partition coefficient (Wildman–Crippen LogP) is 4.05. The topological polar surface area (TPSA) is 37.8 Å². The molecule has 0 radical (unpaired) electrons. The highest BCUT2D eigenvalue weighted by Crippen LogP contribution is 2.43. The van der Waals surface area contributed by atoms with Crippen LogP contribution in [0.25, 0.3) is 0 Å². The number of halogens is 3. The molecule has 1 aliphatic carbocycles. The summed E-state index contributed by atoms with van der Waals surface area (Å²) < 4.78 is 28.3. The van der Waals surface area contributed by atoms with Gasteiger partial charge in [0.15, 0.2) is 11.6 Å². The van der Waals surface area contributed by atoms with Gasteiger partial charge in [0.25, 0.3) is 0 Å². The fraction of sp³-hybridized carbons (Fsp3) is 0.333. The fourth-order valence-corrected chi connectivity index (χ4v) is 2.98. The minimum atomic E-state index is -0.430. The number of nitrogens with one attached hydrogen (secondary N) is 1. The van der Waals surface area contributed by atoms with Crippen molar-refractivity contribution < 1.29 is 8.78 Å². The van der Waals surface area contributed by atoms with E-state index >= 15 is 0 Å². The van der Waals surface area contributed by atoms with Gasteiger partial charge in [0.05, 0.1) is 5.69 Å².